The number of hydrogen-bond acceptors (Lipinski definition) is 6. The molecule has 3 aliphatic heterocycles. The van der Waals surface area contributed by atoms with Gasteiger partial charge in [0.05, 0.1) is 29.2 Å². The normalized spacial score (nSPS) is 26.8. The van der Waals surface area contributed by atoms with E-state index < -0.39 is 44.0 Å². The van der Waals surface area contributed by atoms with Gasteiger partial charge in [0.15, 0.2) is 0 Å². The first-order chi connectivity index (χ1) is 16.0. The molecule has 2 amide bonds. The predicted octanol–water partition coefficient (Wildman–Crippen LogP) is 1.91. The lowest BCUT2D eigenvalue weighted by Gasteiger charge is -2.30. The van der Waals surface area contributed by atoms with Crippen LogP contribution in [0.4, 0.5) is 0 Å². The molecule has 0 spiro atoms. The lowest BCUT2D eigenvalue weighted by molar-refractivity contribution is -0.128. The molecule has 3 atom stereocenters. The number of hydrogen-bond donors (Lipinski definition) is 0. The highest BCUT2D eigenvalue weighted by atomic mass is 32.2. The number of likely N-dealkylation sites (tertiary alicyclic amines) is 1. The van der Waals surface area contributed by atoms with Gasteiger partial charge in [0.1, 0.15) is 0 Å². The standard InChI is InChI=1S/C23H33N3O6S2/c1-4-5-19-21-20(26(23(19)28)33(3,29)30)12-15-25(21)34(31,32)18-8-6-17(7-9-18)22(27)24-13-10-16(2)11-14-24/h6-9,16,19-21H,4-5,10-15H2,1-3H3/t19-,20+,21-/m1/s1. The summed E-state index contributed by atoms with van der Waals surface area (Å²) >= 11 is 0. The van der Waals surface area contributed by atoms with Crippen molar-refractivity contribution in [3.63, 3.8) is 0 Å². The molecule has 0 aromatic heterocycles. The summed E-state index contributed by atoms with van der Waals surface area (Å²) in [6.45, 7) is 5.59. The van der Waals surface area contributed by atoms with Gasteiger partial charge in [-0.15, -0.1) is 0 Å². The monoisotopic (exact) mass is 511 g/mol. The average molecular weight is 512 g/mol. The fraction of sp³-hybridized carbons (Fsp3) is 0.652. The summed E-state index contributed by atoms with van der Waals surface area (Å²) in [5, 5.41) is 0. The first-order valence-corrected chi connectivity index (χ1v) is 15.2. The van der Waals surface area contributed by atoms with Gasteiger partial charge in [-0.25, -0.2) is 21.1 Å². The molecule has 0 saturated carbocycles. The van der Waals surface area contributed by atoms with Crippen LogP contribution in [0.3, 0.4) is 0 Å². The van der Waals surface area contributed by atoms with Crippen LogP contribution in [0.5, 0.6) is 0 Å². The van der Waals surface area contributed by atoms with Crippen LogP contribution in [-0.4, -0.2) is 80.1 Å². The van der Waals surface area contributed by atoms with Gasteiger partial charge in [-0.2, -0.15) is 4.31 Å². The maximum absolute atomic E-state index is 13.6. The Hall–Kier alpha value is -1.98. The van der Waals surface area contributed by atoms with Crippen LogP contribution in [0.15, 0.2) is 29.2 Å². The summed E-state index contributed by atoms with van der Waals surface area (Å²) < 4.78 is 53.9. The van der Waals surface area contributed by atoms with Crippen LogP contribution in [0.25, 0.3) is 0 Å². The van der Waals surface area contributed by atoms with E-state index in [2.05, 4.69) is 6.92 Å². The second-order valence-corrected chi connectivity index (χ2v) is 13.5. The fourth-order valence-electron chi connectivity index (χ4n) is 5.56. The minimum Gasteiger partial charge on any atom is -0.339 e. The average Bonchev–Trinajstić information content (AvgIpc) is 3.32. The van der Waals surface area contributed by atoms with Crippen molar-refractivity contribution in [2.45, 2.75) is 62.9 Å². The van der Waals surface area contributed by atoms with Crippen LogP contribution in [0.2, 0.25) is 0 Å². The van der Waals surface area contributed by atoms with Gasteiger partial charge in [-0.05, 0) is 55.9 Å². The maximum Gasteiger partial charge on any atom is 0.253 e. The van der Waals surface area contributed by atoms with E-state index in [4.69, 9.17) is 0 Å². The molecule has 4 rings (SSSR count). The second-order valence-electron chi connectivity index (χ2n) is 9.75. The molecular formula is C23H33N3O6S2. The van der Waals surface area contributed by atoms with Gasteiger partial charge in [-0.3, -0.25) is 9.59 Å². The Bertz CT molecular complexity index is 1160. The van der Waals surface area contributed by atoms with E-state index in [-0.39, 0.29) is 23.8 Å². The summed E-state index contributed by atoms with van der Waals surface area (Å²) in [7, 11) is -7.78. The molecule has 3 aliphatic rings. The van der Waals surface area contributed by atoms with E-state index in [0.29, 0.717) is 37.4 Å². The number of piperidine rings is 1. The number of nitrogens with zero attached hydrogens (tertiary/aromatic N) is 3. The third kappa shape index (κ3) is 4.37. The van der Waals surface area contributed by atoms with Crippen molar-refractivity contribution in [3.05, 3.63) is 29.8 Å². The molecule has 188 valence electrons. The molecule has 0 N–H and O–H groups in total. The predicted molar refractivity (Wildman–Crippen MR) is 127 cm³/mol. The van der Waals surface area contributed by atoms with E-state index >= 15 is 0 Å². The zero-order valence-corrected chi connectivity index (χ0v) is 21.5. The number of carbonyl (C=O) groups excluding carboxylic acids is 2. The zero-order valence-electron chi connectivity index (χ0n) is 19.9. The Balaban J connectivity index is 1.58. The quantitative estimate of drug-likeness (QED) is 0.577. The van der Waals surface area contributed by atoms with Crippen LogP contribution in [0, 0.1) is 11.8 Å². The molecule has 11 heteroatoms. The minimum absolute atomic E-state index is 0.0393. The number of rotatable bonds is 6. The van der Waals surface area contributed by atoms with Crippen LogP contribution < -0.4 is 0 Å². The van der Waals surface area contributed by atoms with Gasteiger partial charge in [0.2, 0.25) is 26.0 Å². The third-order valence-electron chi connectivity index (χ3n) is 7.36. The lowest BCUT2D eigenvalue weighted by Crippen LogP contribution is -2.43. The highest BCUT2D eigenvalue weighted by Crippen LogP contribution is 2.42. The highest BCUT2D eigenvalue weighted by molar-refractivity contribution is 7.89. The first kappa shape index (κ1) is 25.1. The summed E-state index contributed by atoms with van der Waals surface area (Å²) in [5.41, 5.74) is 0.441. The molecule has 0 radical (unpaired) electrons. The first-order valence-electron chi connectivity index (χ1n) is 11.9. The van der Waals surface area contributed by atoms with Crippen molar-refractivity contribution < 1.29 is 26.4 Å². The largest absolute Gasteiger partial charge is 0.339 e. The van der Waals surface area contributed by atoms with E-state index in [9.17, 15) is 26.4 Å². The molecule has 3 saturated heterocycles. The summed E-state index contributed by atoms with van der Waals surface area (Å²) in [5.74, 6) is -0.718. The molecule has 3 heterocycles. The fourth-order valence-corrected chi connectivity index (χ4v) is 8.45. The van der Waals surface area contributed by atoms with Gasteiger partial charge in [0.25, 0.3) is 5.91 Å². The number of carbonyl (C=O) groups is 2. The second kappa shape index (κ2) is 9.23. The van der Waals surface area contributed by atoms with Crippen molar-refractivity contribution >= 4 is 31.9 Å². The van der Waals surface area contributed by atoms with Crippen molar-refractivity contribution in [2.75, 3.05) is 25.9 Å². The third-order valence-corrected chi connectivity index (χ3v) is 10.4. The molecule has 1 aromatic rings. The summed E-state index contributed by atoms with van der Waals surface area (Å²) in [6, 6.07) is 4.53. The maximum atomic E-state index is 13.6. The van der Waals surface area contributed by atoms with Gasteiger partial charge in [0, 0.05) is 25.2 Å². The van der Waals surface area contributed by atoms with Crippen LogP contribution in [0.1, 0.15) is 56.3 Å². The number of benzene rings is 1. The van der Waals surface area contributed by atoms with Gasteiger partial charge in [-0.1, -0.05) is 20.3 Å². The van der Waals surface area contributed by atoms with E-state index in [1.807, 2.05) is 6.92 Å². The molecule has 9 nitrogen and oxygen atoms in total. The van der Waals surface area contributed by atoms with E-state index in [1.165, 1.54) is 28.6 Å². The van der Waals surface area contributed by atoms with Gasteiger partial charge >= 0.3 is 0 Å². The van der Waals surface area contributed by atoms with Crippen LogP contribution in [-0.2, 0) is 24.8 Å². The molecule has 0 unspecified atom stereocenters. The minimum atomic E-state index is -3.98. The molecule has 0 aliphatic carbocycles. The molecule has 0 bridgehead atoms. The Labute approximate surface area is 202 Å². The Morgan fingerprint density at radius 2 is 1.62 bits per heavy atom. The Kier molecular flexibility index (Phi) is 6.82. The SMILES string of the molecule is CCC[C@H]1C(=O)N(S(C)(=O)=O)[C@H]2CCN(S(=O)(=O)c3ccc(C(=O)N4CCC(C)CC4)cc3)[C@H]12. The lowest BCUT2D eigenvalue weighted by atomic mass is 9.95. The molecule has 1 aromatic carbocycles. The van der Waals surface area contributed by atoms with Crippen molar-refractivity contribution in [2.24, 2.45) is 11.8 Å². The van der Waals surface area contributed by atoms with Gasteiger partial charge < -0.3 is 4.90 Å². The van der Waals surface area contributed by atoms with E-state index in [1.54, 1.807) is 4.90 Å². The molecule has 3 fully saturated rings. The van der Waals surface area contributed by atoms with Crippen molar-refractivity contribution in [3.8, 4) is 0 Å². The van der Waals surface area contributed by atoms with Crippen molar-refractivity contribution in [1.82, 2.24) is 13.5 Å². The van der Waals surface area contributed by atoms with Crippen LogP contribution >= 0.6 is 0 Å². The van der Waals surface area contributed by atoms with Crippen molar-refractivity contribution in [1.29, 1.82) is 0 Å². The summed E-state index contributed by atoms with van der Waals surface area (Å²) in [6.07, 6.45) is 4.23. The zero-order chi connectivity index (χ0) is 24.8. The topological polar surface area (TPSA) is 112 Å². The highest BCUT2D eigenvalue weighted by Gasteiger charge is 2.58. The Morgan fingerprint density at radius 3 is 2.18 bits per heavy atom. The number of amides is 2. The molecular weight excluding hydrogens is 478 g/mol. The number of fused-ring (bicyclic) bond motifs is 1. The smallest absolute Gasteiger partial charge is 0.253 e. The summed E-state index contributed by atoms with van der Waals surface area (Å²) in [4.78, 5) is 27.6. The van der Waals surface area contributed by atoms with E-state index in [0.717, 1.165) is 23.4 Å². The Morgan fingerprint density at radius 1 is 1.00 bits per heavy atom. The number of sulfonamides is 2. The molecule has 34 heavy (non-hydrogen) atoms.